The SMILES string of the molecule is COCCCC(=O)OC1CC(=O)N(C)C1. The number of hydrogen-bond donors (Lipinski definition) is 0. The van der Waals surface area contributed by atoms with Crippen LogP contribution >= 0.6 is 0 Å². The number of carbonyl (C=O) groups excluding carboxylic acids is 2. The number of methoxy groups -OCH3 is 1. The standard InChI is InChI=1S/C10H17NO4/c1-11-7-8(6-9(11)12)15-10(13)4-3-5-14-2/h8H,3-7H2,1-2H3. The van der Waals surface area contributed by atoms with Crippen LogP contribution in [0.3, 0.4) is 0 Å². The van der Waals surface area contributed by atoms with Gasteiger partial charge in [0.15, 0.2) is 0 Å². The van der Waals surface area contributed by atoms with Gasteiger partial charge >= 0.3 is 5.97 Å². The maximum Gasteiger partial charge on any atom is 0.306 e. The smallest absolute Gasteiger partial charge is 0.306 e. The molecule has 1 fully saturated rings. The van der Waals surface area contributed by atoms with Gasteiger partial charge in [0.2, 0.25) is 5.91 Å². The summed E-state index contributed by atoms with van der Waals surface area (Å²) in [5.41, 5.74) is 0. The third-order valence-corrected chi connectivity index (χ3v) is 2.33. The highest BCUT2D eigenvalue weighted by Gasteiger charge is 2.29. The zero-order valence-electron chi connectivity index (χ0n) is 9.19. The third-order valence-electron chi connectivity index (χ3n) is 2.33. The van der Waals surface area contributed by atoms with E-state index in [0.717, 1.165) is 0 Å². The monoisotopic (exact) mass is 215 g/mol. The quantitative estimate of drug-likeness (QED) is 0.485. The lowest BCUT2D eigenvalue weighted by molar-refractivity contribution is -0.148. The van der Waals surface area contributed by atoms with Crippen molar-refractivity contribution < 1.29 is 19.1 Å². The summed E-state index contributed by atoms with van der Waals surface area (Å²) in [6.07, 6.45) is 1.05. The van der Waals surface area contributed by atoms with Crippen LogP contribution < -0.4 is 0 Å². The summed E-state index contributed by atoms with van der Waals surface area (Å²) in [5.74, 6) is -0.218. The zero-order valence-corrected chi connectivity index (χ0v) is 9.19. The Balaban J connectivity index is 2.18. The average Bonchev–Trinajstić information content (AvgIpc) is 2.46. The Hall–Kier alpha value is -1.10. The molecule has 1 rings (SSSR count). The first-order valence-corrected chi connectivity index (χ1v) is 5.06. The minimum absolute atomic E-state index is 0.0321. The van der Waals surface area contributed by atoms with E-state index in [1.165, 1.54) is 0 Å². The topological polar surface area (TPSA) is 55.8 Å². The van der Waals surface area contributed by atoms with Crippen molar-refractivity contribution in [1.82, 2.24) is 4.90 Å². The number of likely N-dealkylation sites (tertiary alicyclic amines) is 1. The van der Waals surface area contributed by atoms with Gasteiger partial charge in [0.25, 0.3) is 0 Å². The largest absolute Gasteiger partial charge is 0.460 e. The molecule has 1 aliphatic rings. The fraction of sp³-hybridized carbons (Fsp3) is 0.800. The molecule has 0 radical (unpaired) electrons. The number of rotatable bonds is 5. The van der Waals surface area contributed by atoms with Crippen molar-refractivity contribution in [2.24, 2.45) is 0 Å². The van der Waals surface area contributed by atoms with Gasteiger partial charge in [0.1, 0.15) is 6.10 Å². The average molecular weight is 215 g/mol. The lowest BCUT2D eigenvalue weighted by Gasteiger charge is -2.11. The molecule has 86 valence electrons. The summed E-state index contributed by atoms with van der Waals surface area (Å²) < 4.78 is 9.97. The predicted molar refractivity (Wildman–Crippen MR) is 53.2 cm³/mol. The van der Waals surface area contributed by atoms with E-state index in [1.54, 1.807) is 19.1 Å². The highest BCUT2D eigenvalue weighted by Crippen LogP contribution is 2.13. The number of likely N-dealkylation sites (N-methyl/N-ethyl adjacent to an activating group) is 1. The van der Waals surface area contributed by atoms with Crippen LogP contribution in [0.4, 0.5) is 0 Å². The number of esters is 1. The van der Waals surface area contributed by atoms with Crippen molar-refractivity contribution in [1.29, 1.82) is 0 Å². The van der Waals surface area contributed by atoms with Gasteiger partial charge in [-0.25, -0.2) is 0 Å². The summed E-state index contributed by atoms with van der Waals surface area (Å²) in [5, 5.41) is 0. The summed E-state index contributed by atoms with van der Waals surface area (Å²) in [6.45, 7) is 1.06. The maximum absolute atomic E-state index is 11.3. The van der Waals surface area contributed by atoms with Crippen LogP contribution in [0, 0.1) is 0 Å². The molecule has 5 nitrogen and oxygen atoms in total. The van der Waals surface area contributed by atoms with Gasteiger partial charge in [-0.2, -0.15) is 0 Å². The lowest BCUT2D eigenvalue weighted by Crippen LogP contribution is -2.23. The highest BCUT2D eigenvalue weighted by atomic mass is 16.5. The van der Waals surface area contributed by atoms with Crippen LogP contribution in [0.2, 0.25) is 0 Å². The molecule has 5 heteroatoms. The van der Waals surface area contributed by atoms with Gasteiger partial charge < -0.3 is 14.4 Å². The molecule has 15 heavy (non-hydrogen) atoms. The van der Waals surface area contributed by atoms with E-state index < -0.39 is 0 Å². The fourth-order valence-corrected chi connectivity index (χ4v) is 1.51. The number of ether oxygens (including phenoxy) is 2. The van der Waals surface area contributed by atoms with Crippen LogP contribution in [0.1, 0.15) is 19.3 Å². The molecule has 0 saturated carbocycles. The van der Waals surface area contributed by atoms with Gasteiger partial charge in [0, 0.05) is 27.2 Å². The van der Waals surface area contributed by atoms with Crippen molar-refractivity contribution in [3.8, 4) is 0 Å². The summed E-state index contributed by atoms with van der Waals surface area (Å²) in [7, 11) is 3.30. The number of carbonyl (C=O) groups is 2. The van der Waals surface area contributed by atoms with Crippen molar-refractivity contribution in [3.05, 3.63) is 0 Å². The first-order valence-electron chi connectivity index (χ1n) is 5.06. The molecular formula is C10H17NO4. The molecule has 1 unspecified atom stereocenters. The van der Waals surface area contributed by atoms with E-state index in [1.807, 2.05) is 0 Å². The van der Waals surface area contributed by atoms with Crippen molar-refractivity contribution in [3.63, 3.8) is 0 Å². The predicted octanol–water partition coefficient (Wildman–Crippen LogP) is 0.187. The molecule has 1 amide bonds. The first kappa shape index (κ1) is 12.0. The Bertz CT molecular complexity index is 242. The van der Waals surface area contributed by atoms with Crippen LogP contribution in [-0.2, 0) is 19.1 Å². The van der Waals surface area contributed by atoms with Crippen LogP contribution in [-0.4, -0.2) is 50.2 Å². The van der Waals surface area contributed by atoms with Crippen molar-refractivity contribution in [2.45, 2.75) is 25.4 Å². The third kappa shape index (κ3) is 3.87. The molecule has 0 spiro atoms. The van der Waals surface area contributed by atoms with Crippen LogP contribution in [0.15, 0.2) is 0 Å². The molecule has 1 atom stereocenters. The second-order valence-corrected chi connectivity index (χ2v) is 3.69. The molecular weight excluding hydrogens is 198 g/mol. The second kappa shape index (κ2) is 5.70. The minimum atomic E-state index is -0.266. The number of hydrogen-bond acceptors (Lipinski definition) is 4. The van der Waals surface area contributed by atoms with Crippen LogP contribution in [0.5, 0.6) is 0 Å². The first-order chi connectivity index (χ1) is 7.13. The van der Waals surface area contributed by atoms with Gasteiger partial charge in [-0.05, 0) is 6.42 Å². The van der Waals surface area contributed by atoms with E-state index in [4.69, 9.17) is 9.47 Å². The van der Waals surface area contributed by atoms with Crippen molar-refractivity contribution >= 4 is 11.9 Å². The Kier molecular flexibility index (Phi) is 4.55. The second-order valence-electron chi connectivity index (χ2n) is 3.69. The lowest BCUT2D eigenvalue weighted by atomic mass is 10.3. The van der Waals surface area contributed by atoms with E-state index in [0.29, 0.717) is 32.4 Å². The molecule has 0 aromatic rings. The van der Waals surface area contributed by atoms with Gasteiger partial charge in [-0.3, -0.25) is 9.59 Å². The van der Waals surface area contributed by atoms with E-state index in [2.05, 4.69) is 0 Å². The van der Waals surface area contributed by atoms with Gasteiger partial charge in [0.05, 0.1) is 13.0 Å². The molecule has 1 heterocycles. The Labute approximate surface area is 89.3 Å². The molecule has 1 saturated heterocycles. The molecule has 0 bridgehead atoms. The fourth-order valence-electron chi connectivity index (χ4n) is 1.51. The number of nitrogens with zero attached hydrogens (tertiary/aromatic N) is 1. The maximum atomic E-state index is 11.3. The van der Waals surface area contributed by atoms with E-state index in [-0.39, 0.29) is 18.0 Å². The summed E-state index contributed by atoms with van der Waals surface area (Å²) in [4.78, 5) is 24.0. The minimum Gasteiger partial charge on any atom is -0.460 e. The Morgan fingerprint density at radius 3 is 2.87 bits per heavy atom. The van der Waals surface area contributed by atoms with Gasteiger partial charge in [-0.1, -0.05) is 0 Å². The Morgan fingerprint density at radius 1 is 1.60 bits per heavy atom. The zero-order chi connectivity index (χ0) is 11.3. The molecule has 0 aliphatic carbocycles. The van der Waals surface area contributed by atoms with Gasteiger partial charge in [-0.15, -0.1) is 0 Å². The summed E-state index contributed by atoms with van der Waals surface area (Å²) >= 11 is 0. The highest BCUT2D eigenvalue weighted by molar-refractivity contribution is 5.79. The molecule has 1 aliphatic heterocycles. The number of amides is 1. The van der Waals surface area contributed by atoms with E-state index >= 15 is 0 Å². The van der Waals surface area contributed by atoms with Crippen molar-refractivity contribution in [2.75, 3.05) is 27.3 Å². The summed E-state index contributed by atoms with van der Waals surface area (Å²) in [6, 6.07) is 0. The van der Waals surface area contributed by atoms with E-state index in [9.17, 15) is 9.59 Å². The molecule has 0 aromatic carbocycles. The van der Waals surface area contributed by atoms with Crippen LogP contribution in [0.25, 0.3) is 0 Å². The molecule has 0 aromatic heterocycles. The normalized spacial score (nSPS) is 20.8. The Morgan fingerprint density at radius 2 is 2.33 bits per heavy atom. The molecule has 0 N–H and O–H groups in total.